The molecule has 0 amide bonds. The Morgan fingerprint density at radius 2 is 1.20 bits per heavy atom. The summed E-state index contributed by atoms with van der Waals surface area (Å²) >= 11 is 0. The molecule has 10 heavy (non-hydrogen) atoms. The molecule has 0 radical (unpaired) electrons. The maximum Gasteiger partial charge on any atom is 0.676 e. The average Bonchev–Trinajstić information content (AvgIpc) is 1.87. The second-order valence-corrected chi connectivity index (χ2v) is 3.41. The number of hydrogen-bond donors (Lipinski definition) is 1. The van der Waals surface area contributed by atoms with Crippen LogP contribution in [0.15, 0.2) is 0 Å². The van der Waals surface area contributed by atoms with Crippen LogP contribution in [0.4, 0.5) is 4.70 Å². The van der Waals surface area contributed by atoms with Gasteiger partial charge >= 0.3 is 9.05 Å². The molecule has 0 bridgehead atoms. The van der Waals surface area contributed by atoms with Gasteiger partial charge in [-0.15, -0.1) is 0 Å². The van der Waals surface area contributed by atoms with E-state index in [-0.39, 0.29) is 18.2 Å². The standard InChI is InChI=1S/C3H10O4Si.FH.H2S/c1-5-8(4,6-2)7-3;;/h4H,1-3H3;1H;1H2. The highest BCUT2D eigenvalue weighted by Gasteiger charge is 2.36. The molecule has 0 saturated carbocycles. The highest BCUT2D eigenvalue weighted by atomic mass is 32.1. The minimum Gasteiger partial charge on any atom is -0.367 e. The van der Waals surface area contributed by atoms with E-state index in [4.69, 9.17) is 4.80 Å². The topological polar surface area (TPSA) is 47.9 Å². The van der Waals surface area contributed by atoms with Crippen LogP contribution in [-0.4, -0.2) is 35.2 Å². The third kappa shape index (κ3) is 5.15. The lowest BCUT2D eigenvalue weighted by Crippen LogP contribution is -2.42. The summed E-state index contributed by atoms with van der Waals surface area (Å²) in [5, 5.41) is 0. The number of rotatable bonds is 3. The fourth-order valence-electron chi connectivity index (χ4n) is 0.250. The molecule has 66 valence electrons. The molecule has 4 nitrogen and oxygen atoms in total. The molecule has 0 aliphatic heterocycles. The van der Waals surface area contributed by atoms with Crippen LogP contribution in [0, 0.1) is 0 Å². The second-order valence-electron chi connectivity index (χ2n) is 1.14. The SMILES string of the molecule is CO[Si](O)(OC)OC.F.S. The molecule has 0 saturated heterocycles. The third-order valence-electron chi connectivity index (χ3n) is 0.774. The lowest BCUT2D eigenvalue weighted by molar-refractivity contribution is 0.0418. The highest BCUT2D eigenvalue weighted by Crippen LogP contribution is 1.97. The third-order valence-corrected chi connectivity index (χ3v) is 2.32. The van der Waals surface area contributed by atoms with Gasteiger partial charge in [-0.1, -0.05) is 0 Å². The molecule has 7 heteroatoms. The summed E-state index contributed by atoms with van der Waals surface area (Å²) in [5.74, 6) is 0. The predicted octanol–water partition coefficient (Wildman–Crippen LogP) is -0.381. The van der Waals surface area contributed by atoms with Crippen molar-refractivity contribution in [3.63, 3.8) is 0 Å². The average molecular weight is 192 g/mol. The largest absolute Gasteiger partial charge is 0.676 e. The molecule has 0 aromatic heterocycles. The first-order valence-corrected chi connectivity index (χ1v) is 3.73. The van der Waals surface area contributed by atoms with Crippen LogP contribution in [0.25, 0.3) is 0 Å². The van der Waals surface area contributed by atoms with Crippen molar-refractivity contribution in [2.24, 2.45) is 0 Å². The van der Waals surface area contributed by atoms with E-state index in [1.807, 2.05) is 0 Å². The van der Waals surface area contributed by atoms with E-state index >= 15 is 0 Å². The quantitative estimate of drug-likeness (QED) is 0.619. The maximum atomic E-state index is 8.91. The van der Waals surface area contributed by atoms with E-state index in [9.17, 15) is 0 Å². The van der Waals surface area contributed by atoms with Gasteiger partial charge in [-0.05, 0) is 0 Å². The molecule has 0 spiro atoms. The Morgan fingerprint density at radius 3 is 1.20 bits per heavy atom. The molecular formula is C3H13FO4SSi. The Bertz CT molecular complexity index is 63.3. The zero-order valence-corrected chi connectivity index (χ0v) is 8.08. The van der Waals surface area contributed by atoms with Crippen molar-refractivity contribution in [1.82, 2.24) is 0 Å². The van der Waals surface area contributed by atoms with Gasteiger partial charge in [0.05, 0.1) is 0 Å². The summed E-state index contributed by atoms with van der Waals surface area (Å²) in [6.07, 6.45) is 0. The molecule has 0 aromatic rings. The molecular weight excluding hydrogens is 179 g/mol. The minimum absolute atomic E-state index is 0. The van der Waals surface area contributed by atoms with Crippen LogP contribution >= 0.6 is 13.5 Å². The van der Waals surface area contributed by atoms with Crippen molar-refractivity contribution in [3.05, 3.63) is 0 Å². The fourth-order valence-corrected chi connectivity index (χ4v) is 0.750. The van der Waals surface area contributed by atoms with Crippen molar-refractivity contribution in [3.8, 4) is 0 Å². The van der Waals surface area contributed by atoms with Gasteiger partial charge in [0.2, 0.25) is 0 Å². The van der Waals surface area contributed by atoms with Gasteiger partial charge in [0.15, 0.2) is 0 Å². The first-order valence-electron chi connectivity index (χ1n) is 2.06. The highest BCUT2D eigenvalue weighted by molar-refractivity contribution is 7.59. The van der Waals surface area contributed by atoms with Crippen LogP contribution in [0.3, 0.4) is 0 Å². The van der Waals surface area contributed by atoms with E-state index in [2.05, 4.69) is 13.3 Å². The zero-order chi connectivity index (χ0) is 6.62. The van der Waals surface area contributed by atoms with E-state index in [0.717, 1.165) is 0 Å². The summed E-state index contributed by atoms with van der Waals surface area (Å²) in [5.41, 5.74) is 0. The number of hydrogen-bond acceptors (Lipinski definition) is 4. The second kappa shape index (κ2) is 7.44. The van der Waals surface area contributed by atoms with E-state index in [1.54, 1.807) is 0 Å². The van der Waals surface area contributed by atoms with Crippen molar-refractivity contribution in [2.75, 3.05) is 21.3 Å². The van der Waals surface area contributed by atoms with Crippen LogP contribution in [-0.2, 0) is 13.3 Å². The van der Waals surface area contributed by atoms with Crippen LogP contribution in [0.1, 0.15) is 0 Å². The van der Waals surface area contributed by atoms with Crippen molar-refractivity contribution in [1.29, 1.82) is 0 Å². The summed E-state index contributed by atoms with van der Waals surface area (Å²) in [4.78, 5) is 8.91. The zero-order valence-electron chi connectivity index (χ0n) is 6.08. The van der Waals surface area contributed by atoms with E-state index < -0.39 is 9.05 Å². The Hall–Kier alpha value is 0.337. The lowest BCUT2D eigenvalue weighted by Gasteiger charge is -2.14. The van der Waals surface area contributed by atoms with Crippen LogP contribution in [0.2, 0.25) is 0 Å². The van der Waals surface area contributed by atoms with Gasteiger partial charge in [-0.2, -0.15) is 13.5 Å². The minimum atomic E-state index is -3.17. The van der Waals surface area contributed by atoms with Gasteiger partial charge in [0, 0.05) is 21.3 Å². The van der Waals surface area contributed by atoms with Gasteiger partial charge in [0.1, 0.15) is 0 Å². The fraction of sp³-hybridized carbons (Fsp3) is 1.00. The van der Waals surface area contributed by atoms with Gasteiger partial charge < -0.3 is 18.1 Å². The Morgan fingerprint density at radius 1 is 1.00 bits per heavy atom. The summed E-state index contributed by atoms with van der Waals surface area (Å²) < 4.78 is 13.5. The Kier molecular flexibility index (Phi) is 12.5. The van der Waals surface area contributed by atoms with Crippen molar-refractivity contribution in [2.45, 2.75) is 0 Å². The van der Waals surface area contributed by atoms with Crippen LogP contribution < -0.4 is 0 Å². The monoisotopic (exact) mass is 192 g/mol. The smallest absolute Gasteiger partial charge is 0.367 e. The molecule has 0 atom stereocenters. The van der Waals surface area contributed by atoms with E-state index in [0.29, 0.717) is 0 Å². The predicted molar refractivity (Wildman–Crippen MR) is 41.9 cm³/mol. The molecule has 0 rings (SSSR count). The first kappa shape index (κ1) is 16.7. The van der Waals surface area contributed by atoms with E-state index in [1.165, 1.54) is 21.3 Å². The number of halogens is 1. The van der Waals surface area contributed by atoms with Crippen molar-refractivity contribution >= 4 is 22.5 Å². The molecule has 0 fully saturated rings. The van der Waals surface area contributed by atoms with Gasteiger partial charge in [0.25, 0.3) is 0 Å². The summed E-state index contributed by atoms with van der Waals surface area (Å²) in [6, 6.07) is 0. The molecule has 0 aliphatic carbocycles. The lowest BCUT2D eigenvalue weighted by atomic mass is 11.8. The van der Waals surface area contributed by atoms with Gasteiger partial charge in [-0.25, -0.2) is 0 Å². The molecule has 0 aromatic carbocycles. The first-order chi connectivity index (χ1) is 3.68. The van der Waals surface area contributed by atoms with Crippen molar-refractivity contribution < 1.29 is 22.8 Å². The maximum absolute atomic E-state index is 8.91. The van der Waals surface area contributed by atoms with Crippen LogP contribution in [0.5, 0.6) is 0 Å². The summed E-state index contributed by atoms with van der Waals surface area (Å²) in [7, 11) is 0.826. The molecule has 0 unspecified atom stereocenters. The summed E-state index contributed by atoms with van der Waals surface area (Å²) in [6.45, 7) is 0. The Labute approximate surface area is 67.4 Å². The Balaban J connectivity index is -0.000000245. The normalized spacial score (nSPS) is 9.60. The van der Waals surface area contributed by atoms with Gasteiger partial charge in [-0.3, -0.25) is 4.70 Å². The molecule has 0 aliphatic rings. The molecule has 1 N–H and O–H groups in total. The molecule has 0 heterocycles.